The molecule has 0 aromatic rings. The minimum atomic E-state index is -1.18. The van der Waals surface area contributed by atoms with Crippen molar-refractivity contribution in [2.45, 2.75) is 96.5 Å². The summed E-state index contributed by atoms with van der Waals surface area (Å²) in [6.45, 7) is 2.25. The van der Waals surface area contributed by atoms with Crippen LogP contribution in [0.1, 0.15) is 90.4 Å². The van der Waals surface area contributed by atoms with Crippen LogP contribution in [0.4, 0.5) is 0 Å². The maximum Gasteiger partial charge on any atom is 0.332 e. The summed E-state index contributed by atoms with van der Waals surface area (Å²) in [5.41, 5.74) is 0. The number of allylic oxidation sites excluding steroid dienone is 2. The third-order valence-corrected chi connectivity index (χ3v) is 3.77. The highest BCUT2D eigenvalue weighted by molar-refractivity contribution is 5.71. The van der Waals surface area contributed by atoms with Crippen molar-refractivity contribution in [2.75, 3.05) is 0 Å². The zero-order valence-corrected chi connectivity index (χ0v) is 13.7. The van der Waals surface area contributed by atoms with E-state index in [1.807, 2.05) is 0 Å². The van der Waals surface area contributed by atoms with Crippen molar-refractivity contribution in [1.82, 2.24) is 0 Å². The Morgan fingerprint density at radius 1 is 0.857 bits per heavy atom. The second-order valence-electron chi connectivity index (χ2n) is 5.87. The Balaban J connectivity index is 3.17. The second kappa shape index (κ2) is 15.6. The molecule has 0 aromatic carbocycles. The van der Waals surface area contributed by atoms with E-state index in [0.29, 0.717) is 6.42 Å². The number of rotatable bonds is 15. The average Bonchev–Trinajstić information content (AvgIpc) is 2.47. The van der Waals surface area contributed by atoms with Crippen molar-refractivity contribution in [3.8, 4) is 0 Å². The summed E-state index contributed by atoms with van der Waals surface area (Å²) in [5.74, 6) is -1.10. The lowest BCUT2D eigenvalue weighted by atomic mass is 10.1. The first-order chi connectivity index (χ1) is 10.2. The smallest absolute Gasteiger partial charge is 0.332 e. The van der Waals surface area contributed by atoms with E-state index >= 15 is 0 Å². The van der Waals surface area contributed by atoms with Gasteiger partial charge < -0.3 is 10.2 Å². The summed E-state index contributed by atoms with van der Waals surface area (Å²) in [6.07, 6.45) is 18.3. The largest absolute Gasteiger partial charge is 0.479 e. The summed E-state index contributed by atoms with van der Waals surface area (Å²) in [5, 5.41) is 17.6. The van der Waals surface area contributed by atoms with Crippen LogP contribution < -0.4 is 0 Å². The Labute approximate surface area is 130 Å². The number of aliphatic hydroxyl groups excluding tert-OH is 1. The molecule has 0 spiro atoms. The first-order valence-electron chi connectivity index (χ1n) is 8.74. The van der Waals surface area contributed by atoms with Crippen molar-refractivity contribution in [2.24, 2.45) is 0 Å². The van der Waals surface area contributed by atoms with Crippen LogP contribution in [0, 0.1) is 0 Å². The van der Waals surface area contributed by atoms with Gasteiger partial charge in [-0.05, 0) is 32.1 Å². The molecule has 21 heavy (non-hydrogen) atoms. The summed E-state index contributed by atoms with van der Waals surface area (Å²) in [4.78, 5) is 10.4. The van der Waals surface area contributed by atoms with Gasteiger partial charge >= 0.3 is 5.97 Å². The van der Waals surface area contributed by atoms with Gasteiger partial charge in [-0.2, -0.15) is 0 Å². The molecule has 0 rings (SSSR count). The van der Waals surface area contributed by atoms with Gasteiger partial charge in [0, 0.05) is 0 Å². The molecule has 0 fully saturated rings. The number of carboxylic acids is 1. The Morgan fingerprint density at radius 2 is 1.33 bits per heavy atom. The fourth-order valence-corrected chi connectivity index (χ4v) is 2.36. The molecule has 0 aliphatic rings. The van der Waals surface area contributed by atoms with Crippen LogP contribution in [0.2, 0.25) is 0 Å². The first-order valence-corrected chi connectivity index (χ1v) is 8.74. The molecule has 0 saturated carbocycles. The van der Waals surface area contributed by atoms with E-state index in [4.69, 9.17) is 10.2 Å². The van der Waals surface area contributed by atoms with Gasteiger partial charge in [-0.25, -0.2) is 4.79 Å². The van der Waals surface area contributed by atoms with Crippen LogP contribution in [0.5, 0.6) is 0 Å². The maximum absolute atomic E-state index is 10.4. The molecule has 2 N–H and O–H groups in total. The van der Waals surface area contributed by atoms with E-state index in [1.165, 1.54) is 44.9 Å². The van der Waals surface area contributed by atoms with E-state index in [-0.39, 0.29) is 0 Å². The number of hydrogen-bond acceptors (Lipinski definition) is 2. The van der Waals surface area contributed by atoms with Gasteiger partial charge in [0.1, 0.15) is 0 Å². The molecule has 3 nitrogen and oxygen atoms in total. The van der Waals surface area contributed by atoms with Gasteiger partial charge in [-0.1, -0.05) is 70.4 Å². The summed E-state index contributed by atoms with van der Waals surface area (Å²) < 4.78 is 0. The fourth-order valence-electron chi connectivity index (χ4n) is 2.36. The Hall–Kier alpha value is -0.830. The monoisotopic (exact) mass is 298 g/mol. The first kappa shape index (κ1) is 20.2. The molecule has 0 aliphatic carbocycles. The number of unbranched alkanes of at least 4 members (excludes halogenated alkanes) is 10. The summed E-state index contributed by atoms with van der Waals surface area (Å²) in [6, 6.07) is 0. The lowest BCUT2D eigenvalue weighted by Gasteiger charge is -2.04. The van der Waals surface area contributed by atoms with Gasteiger partial charge in [0.05, 0.1) is 0 Å². The number of aliphatic carboxylic acids is 1. The molecule has 0 amide bonds. The molecular formula is C18H34O3. The van der Waals surface area contributed by atoms with Crippen molar-refractivity contribution in [3.05, 3.63) is 12.2 Å². The molecule has 0 unspecified atom stereocenters. The number of aliphatic hydroxyl groups is 1. The molecule has 0 heterocycles. The van der Waals surface area contributed by atoms with Gasteiger partial charge in [-0.15, -0.1) is 0 Å². The van der Waals surface area contributed by atoms with E-state index in [2.05, 4.69) is 19.1 Å². The van der Waals surface area contributed by atoms with Crippen LogP contribution in [0.15, 0.2) is 12.2 Å². The number of hydrogen-bond donors (Lipinski definition) is 2. The Bertz CT molecular complexity index is 261. The lowest BCUT2D eigenvalue weighted by molar-refractivity contribution is -0.146. The molecule has 0 saturated heterocycles. The fraction of sp³-hybridized carbons (Fsp3) is 0.833. The molecule has 124 valence electrons. The van der Waals surface area contributed by atoms with Gasteiger partial charge in [-0.3, -0.25) is 0 Å². The summed E-state index contributed by atoms with van der Waals surface area (Å²) in [7, 11) is 0. The van der Waals surface area contributed by atoms with E-state index in [1.54, 1.807) is 0 Å². The number of carbonyl (C=O) groups is 1. The van der Waals surface area contributed by atoms with Crippen LogP contribution in [-0.2, 0) is 4.79 Å². The van der Waals surface area contributed by atoms with E-state index in [0.717, 1.165) is 32.1 Å². The van der Waals surface area contributed by atoms with Crippen molar-refractivity contribution in [3.63, 3.8) is 0 Å². The average molecular weight is 298 g/mol. The normalized spacial score (nSPS) is 12.9. The molecule has 3 heteroatoms. The highest BCUT2D eigenvalue weighted by Crippen LogP contribution is 2.10. The lowest BCUT2D eigenvalue weighted by Crippen LogP contribution is -2.18. The standard InChI is InChI=1S/C18H34O3/c1-2-3-4-5-6-7-8-9-10-11-12-13-14-15-16-17(19)18(20)21/h9-10,17,19H,2-8,11-16H2,1H3,(H,20,21)/b10-9-/t17-/m1/s1. The second-order valence-corrected chi connectivity index (χ2v) is 5.87. The predicted octanol–water partition coefficient (Wildman–Crippen LogP) is 5.08. The zero-order valence-electron chi connectivity index (χ0n) is 13.7. The number of carboxylic acid groups (broad SMARTS) is 1. The molecule has 0 bridgehead atoms. The van der Waals surface area contributed by atoms with Gasteiger partial charge in [0.15, 0.2) is 6.10 Å². The molecular weight excluding hydrogens is 264 g/mol. The van der Waals surface area contributed by atoms with Crippen LogP contribution in [0.3, 0.4) is 0 Å². The third kappa shape index (κ3) is 15.4. The van der Waals surface area contributed by atoms with Gasteiger partial charge in [0.25, 0.3) is 0 Å². The van der Waals surface area contributed by atoms with E-state index in [9.17, 15) is 4.79 Å². The maximum atomic E-state index is 10.4. The third-order valence-electron chi connectivity index (χ3n) is 3.77. The minimum Gasteiger partial charge on any atom is -0.479 e. The topological polar surface area (TPSA) is 57.5 Å². The van der Waals surface area contributed by atoms with Crippen molar-refractivity contribution >= 4 is 5.97 Å². The summed E-state index contributed by atoms with van der Waals surface area (Å²) >= 11 is 0. The molecule has 0 radical (unpaired) electrons. The van der Waals surface area contributed by atoms with Crippen LogP contribution in [-0.4, -0.2) is 22.3 Å². The quantitative estimate of drug-likeness (QED) is 0.327. The Morgan fingerprint density at radius 3 is 1.86 bits per heavy atom. The van der Waals surface area contributed by atoms with Crippen LogP contribution >= 0.6 is 0 Å². The van der Waals surface area contributed by atoms with Crippen molar-refractivity contribution < 1.29 is 15.0 Å². The highest BCUT2D eigenvalue weighted by atomic mass is 16.4. The minimum absolute atomic E-state index is 0.378. The SMILES string of the molecule is CCCCCCCC/C=C\CCCCCC[C@@H](O)C(=O)O. The zero-order chi connectivity index (χ0) is 15.8. The highest BCUT2D eigenvalue weighted by Gasteiger charge is 2.11. The van der Waals surface area contributed by atoms with E-state index < -0.39 is 12.1 Å². The molecule has 0 aliphatic heterocycles. The van der Waals surface area contributed by atoms with Crippen LogP contribution in [0.25, 0.3) is 0 Å². The Kier molecular flexibility index (Phi) is 14.9. The predicted molar refractivity (Wildman–Crippen MR) is 88.5 cm³/mol. The van der Waals surface area contributed by atoms with Crippen molar-refractivity contribution in [1.29, 1.82) is 0 Å². The molecule has 0 aromatic heterocycles. The van der Waals surface area contributed by atoms with Gasteiger partial charge in [0.2, 0.25) is 0 Å². The molecule has 1 atom stereocenters.